The number of carbonyl (C=O) groups is 3. The van der Waals surface area contributed by atoms with E-state index in [1.807, 2.05) is 48.5 Å². The van der Waals surface area contributed by atoms with Gasteiger partial charge in [-0.05, 0) is 76.2 Å². The summed E-state index contributed by atoms with van der Waals surface area (Å²) < 4.78 is 45.9. The molecule has 2 aliphatic heterocycles. The molecular weight excluding hydrogens is 694 g/mol. The van der Waals surface area contributed by atoms with Crippen molar-refractivity contribution in [3.05, 3.63) is 101 Å². The Hall–Kier alpha value is -5.91. The zero-order valence-electron chi connectivity index (χ0n) is 31.1. The number of ether oxygens (including phenoxy) is 8. The van der Waals surface area contributed by atoms with Gasteiger partial charge in [-0.15, -0.1) is 0 Å². The molecule has 282 valence electrons. The van der Waals surface area contributed by atoms with Crippen LogP contribution in [0, 0.1) is 11.8 Å². The lowest BCUT2D eigenvalue weighted by Crippen LogP contribution is -2.36. The summed E-state index contributed by atoms with van der Waals surface area (Å²) in [5, 5.41) is 2.82. The average Bonchev–Trinajstić information content (AvgIpc) is 3.79. The van der Waals surface area contributed by atoms with Crippen molar-refractivity contribution >= 4 is 23.5 Å². The van der Waals surface area contributed by atoms with Gasteiger partial charge in [0.15, 0.2) is 29.6 Å². The van der Waals surface area contributed by atoms with E-state index >= 15 is 0 Å². The summed E-state index contributed by atoms with van der Waals surface area (Å²) in [4.78, 5) is 39.7. The molecule has 4 atom stereocenters. The minimum Gasteiger partial charge on any atom is -0.493 e. The Bertz CT molecular complexity index is 2030. The number of methoxy groups -OCH3 is 3. The first-order chi connectivity index (χ1) is 26.0. The summed E-state index contributed by atoms with van der Waals surface area (Å²) in [5.41, 5.74) is 4.59. The van der Waals surface area contributed by atoms with Gasteiger partial charge in [0.1, 0.15) is 11.9 Å². The summed E-state index contributed by atoms with van der Waals surface area (Å²) in [5.74, 6) is 0.0468. The minimum absolute atomic E-state index is 0.0206. The summed E-state index contributed by atoms with van der Waals surface area (Å²) >= 11 is 0. The predicted octanol–water partition coefficient (Wildman–Crippen LogP) is 6.52. The maximum Gasteiger partial charge on any atom is 0.310 e. The lowest BCUT2D eigenvalue weighted by molar-refractivity contribution is -0.153. The molecule has 0 unspecified atom stereocenters. The number of amides is 1. The van der Waals surface area contributed by atoms with E-state index in [2.05, 4.69) is 26.1 Å². The zero-order chi connectivity index (χ0) is 38.1. The van der Waals surface area contributed by atoms with Gasteiger partial charge in [0, 0.05) is 23.1 Å². The number of anilines is 1. The highest BCUT2D eigenvalue weighted by atomic mass is 16.7. The van der Waals surface area contributed by atoms with E-state index in [0.29, 0.717) is 51.3 Å². The van der Waals surface area contributed by atoms with Gasteiger partial charge < -0.3 is 43.2 Å². The number of rotatable bonds is 11. The molecule has 0 saturated carbocycles. The van der Waals surface area contributed by atoms with Gasteiger partial charge in [-0.3, -0.25) is 14.4 Å². The summed E-state index contributed by atoms with van der Waals surface area (Å²) in [6.45, 7) is 6.36. The number of cyclic esters (lactones) is 1. The van der Waals surface area contributed by atoms with Crippen LogP contribution in [0.1, 0.15) is 60.6 Å². The molecule has 4 aromatic rings. The van der Waals surface area contributed by atoms with E-state index in [-0.39, 0.29) is 37.7 Å². The van der Waals surface area contributed by atoms with Crippen LogP contribution in [0.3, 0.4) is 0 Å². The van der Waals surface area contributed by atoms with Crippen molar-refractivity contribution < 1.29 is 52.3 Å². The Morgan fingerprint density at radius 3 is 2.07 bits per heavy atom. The average molecular weight is 738 g/mol. The maximum atomic E-state index is 13.6. The molecule has 1 N–H and O–H groups in total. The van der Waals surface area contributed by atoms with Crippen molar-refractivity contribution in [2.45, 2.75) is 44.6 Å². The van der Waals surface area contributed by atoms with E-state index in [1.165, 1.54) is 26.9 Å². The highest BCUT2D eigenvalue weighted by molar-refractivity contribution is 5.92. The van der Waals surface area contributed by atoms with Crippen LogP contribution in [-0.4, -0.2) is 59.2 Å². The molecule has 54 heavy (non-hydrogen) atoms. The third-order valence-electron chi connectivity index (χ3n) is 10.1. The van der Waals surface area contributed by atoms with Gasteiger partial charge in [0.2, 0.25) is 12.5 Å². The SMILES string of the molecule is COc1cc([C@@H]2c3cc4c(cc3[C@H](OC(=O)Cc3ccc(NC(=O)COc5ccc(C(C)(C)C)cc5)cc3)[C@H]3COC(=O)[C@H]23)OCO4)cc(OC)c1OC. The summed E-state index contributed by atoms with van der Waals surface area (Å²) in [7, 11) is 4.59. The fourth-order valence-electron chi connectivity index (χ4n) is 7.40. The second-order valence-corrected chi connectivity index (χ2v) is 14.5. The third kappa shape index (κ3) is 7.20. The lowest BCUT2D eigenvalue weighted by atomic mass is 9.66. The Morgan fingerprint density at radius 1 is 0.815 bits per heavy atom. The van der Waals surface area contributed by atoms with Crippen LogP contribution in [0.5, 0.6) is 34.5 Å². The summed E-state index contributed by atoms with van der Waals surface area (Å²) in [6, 6.07) is 21.9. The van der Waals surface area contributed by atoms with Crippen LogP contribution < -0.4 is 33.7 Å². The standard InChI is InChI=1S/C42H43NO11/c1-42(2,3)25-9-13-27(14-10-25)50-21-35(44)43-26-11-7-23(8-12-26)15-36(45)54-39-29-19-32-31(52-22-53-32)18-28(29)37(38-30(39)20-51-41(38)46)24-16-33(47-4)40(49-6)34(17-24)48-5/h7-14,16-19,30,37-39H,15,20-22H2,1-6H3,(H,43,44)/t30-,37+,38-,39-/m0/s1. The molecule has 0 bridgehead atoms. The summed E-state index contributed by atoms with van der Waals surface area (Å²) in [6.07, 6.45) is -0.846. The topological polar surface area (TPSA) is 137 Å². The first-order valence-corrected chi connectivity index (χ1v) is 17.7. The van der Waals surface area contributed by atoms with Crippen LogP contribution in [0.4, 0.5) is 5.69 Å². The van der Waals surface area contributed by atoms with Crippen molar-refractivity contribution in [1.29, 1.82) is 0 Å². The lowest BCUT2D eigenvalue weighted by Gasteiger charge is -2.38. The first-order valence-electron chi connectivity index (χ1n) is 17.7. The van der Waals surface area contributed by atoms with Gasteiger partial charge in [0.05, 0.1) is 40.3 Å². The minimum atomic E-state index is -0.806. The van der Waals surface area contributed by atoms with Crippen molar-refractivity contribution in [2.24, 2.45) is 11.8 Å². The van der Waals surface area contributed by atoms with Gasteiger partial charge in [-0.1, -0.05) is 45.0 Å². The number of esters is 2. The molecular formula is C42H43NO11. The van der Waals surface area contributed by atoms with Crippen LogP contribution in [-0.2, 0) is 35.7 Å². The molecule has 12 nitrogen and oxygen atoms in total. The van der Waals surface area contributed by atoms with E-state index < -0.39 is 35.8 Å². The maximum absolute atomic E-state index is 13.6. The molecule has 0 aromatic heterocycles. The van der Waals surface area contributed by atoms with Crippen LogP contribution in [0.15, 0.2) is 72.8 Å². The highest BCUT2D eigenvalue weighted by Gasteiger charge is 2.54. The molecule has 2 heterocycles. The molecule has 4 aromatic carbocycles. The smallest absolute Gasteiger partial charge is 0.310 e. The van der Waals surface area contributed by atoms with Crippen LogP contribution in [0.25, 0.3) is 0 Å². The second kappa shape index (κ2) is 14.8. The number of benzene rings is 4. The highest BCUT2D eigenvalue weighted by Crippen LogP contribution is 2.56. The fourth-order valence-corrected chi connectivity index (χ4v) is 7.40. The van der Waals surface area contributed by atoms with Crippen molar-refractivity contribution in [3.63, 3.8) is 0 Å². The predicted molar refractivity (Wildman–Crippen MR) is 197 cm³/mol. The molecule has 12 heteroatoms. The van der Waals surface area contributed by atoms with Gasteiger partial charge in [-0.25, -0.2) is 0 Å². The number of fused-ring (bicyclic) bond motifs is 3. The third-order valence-corrected chi connectivity index (χ3v) is 10.1. The monoisotopic (exact) mass is 737 g/mol. The molecule has 1 aliphatic carbocycles. The van der Waals surface area contributed by atoms with E-state index in [9.17, 15) is 14.4 Å². The quantitative estimate of drug-likeness (QED) is 0.169. The largest absolute Gasteiger partial charge is 0.493 e. The molecule has 0 radical (unpaired) electrons. The van der Waals surface area contributed by atoms with Crippen molar-refractivity contribution in [1.82, 2.24) is 0 Å². The number of hydrogen-bond acceptors (Lipinski definition) is 11. The zero-order valence-corrected chi connectivity index (χ0v) is 31.1. The number of nitrogens with one attached hydrogen (secondary N) is 1. The van der Waals surface area contributed by atoms with E-state index in [0.717, 1.165) is 11.1 Å². The first kappa shape index (κ1) is 36.4. The van der Waals surface area contributed by atoms with Gasteiger partial charge in [0.25, 0.3) is 5.91 Å². The Labute approximate surface area is 313 Å². The van der Waals surface area contributed by atoms with E-state index in [1.54, 1.807) is 24.3 Å². The Morgan fingerprint density at radius 2 is 1.46 bits per heavy atom. The molecule has 7 rings (SSSR count). The van der Waals surface area contributed by atoms with Crippen molar-refractivity contribution in [2.75, 3.05) is 46.7 Å². The Kier molecular flexibility index (Phi) is 10.0. The molecule has 1 amide bonds. The number of carbonyl (C=O) groups excluding carboxylic acids is 3. The normalized spacial score (nSPS) is 19.6. The van der Waals surface area contributed by atoms with Gasteiger partial charge >= 0.3 is 11.9 Å². The number of hydrogen-bond donors (Lipinski definition) is 1. The van der Waals surface area contributed by atoms with Crippen LogP contribution in [0.2, 0.25) is 0 Å². The molecule has 1 saturated heterocycles. The fraction of sp³-hybridized carbons (Fsp3) is 0.357. The Balaban J connectivity index is 1.07. The van der Waals surface area contributed by atoms with Crippen molar-refractivity contribution in [3.8, 4) is 34.5 Å². The van der Waals surface area contributed by atoms with Gasteiger partial charge in [-0.2, -0.15) is 0 Å². The van der Waals surface area contributed by atoms with E-state index in [4.69, 9.17) is 37.9 Å². The van der Waals surface area contributed by atoms with Crippen LogP contribution >= 0.6 is 0 Å². The molecule has 3 aliphatic rings. The second-order valence-electron chi connectivity index (χ2n) is 14.5. The molecule has 1 fully saturated rings. The molecule has 0 spiro atoms.